The van der Waals surface area contributed by atoms with E-state index in [1.54, 1.807) is 6.07 Å². The molecule has 2 nitrogen and oxygen atoms in total. The molecule has 0 bridgehead atoms. The summed E-state index contributed by atoms with van der Waals surface area (Å²) in [6.07, 6.45) is 3.59. The lowest BCUT2D eigenvalue weighted by atomic mass is 10.0. The zero-order chi connectivity index (χ0) is 15.2. The number of aromatic nitrogens is 1. The van der Waals surface area contributed by atoms with Gasteiger partial charge in [0.15, 0.2) is 0 Å². The molecular formula is C17H20BrFN2. The molecule has 1 aromatic carbocycles. The fourth-order valence-electron chi connectivity index (χ4n) is 2.31. The topological polar surface area (TPSA) is 24.9 Å². The average Bonchev–Trinajstić information content (AvgIpc) is 2.42. The molecule has 21 heavy (non-hydrogen) atoms. The van der Waals surface area contributed by atoms with E-state index in [2.05, 4.69) is 46.1 Å². The maximum atomic E-state index is 13.5. The van der Waals surface area contributed by atoms with Crippen LogP contribution in [0.5, 0.6) is 0 Å². The molecule has 0 aliphatic rings. The van der Waals surface area contributed by atoms with Crippen molar-refractivity contribution in [2.24, 2.45) is 0 Å². The van der Waals surface area contributed by atoms with Crippen LogP contribution in [0, 0.1) is 12.7 Å². The molecular weight excluding hydrogens is 331 g/mol. The van der Waals surface area contributed by atoms with Gasteiger partial charge in [0.1, 0.15) is 5.82 Å². The van der Waals surface area contributed by atoms with Gasteiger partial charge >= 0.3 is 0 Å². The Morgan fingerprint density at radius 1 is 1.29 bits per heavy atom. The van der Waals surface area contributed by atoms with E-state index in [-0.39, 0.29) is 11.9 Å². The van der Waals surface area contributed by atoms with Crippen LogP contribution in [-0.4, -0.2) is 11.5 Å². The third-order valence-corrected chi connectivity index (χ3v) is 3.75. The van der Waals surface area contributed by atoms with Crippen molar-refractivity contribution in [1.29, 1.82) is 0 Å². The van der Waals surface area contributed by atoms with Gasteiger partial charge in [-0.3, -0.25) is 4.98 Å². The SMILES string of the molecule is CCCNC(Cc1cc(F)cc(Br)c1)c1cc(C)ccn1. The summed E-state index contributed by atoms with van der Waals surface area (Å²) in [6, 6.07) is 9.18. The minimum absolute atomic E-state index is 0.0959. The summed E-state index contributed by atoms with van der Waals surface area (Å²) in [6.45, 7) is 5.10. The van der Waals surface area contributed by atoms with Crippen molar-refractivity contribution in [3.8, 4) is 0 Å². The van der Waals surface area contributed by atoms with E-state index < -0.39 is 0 Å². The van der Waals surface area contributed by atoms with Crippen molar-refractivity contribution in [2.45, 2.75) is 32.7 Å². The monoisotopic (exact) mass is 350 g/mol. The molecule has 1 N–H and O–H groups in total. The summed E-state index contributed by atoms with van der Waals surface area (Å²) in [5.41, 5.74) is 3.14. The number of pyridine rings is 1. The van der Waals surface area contributed by atoms with E-state index in [1.807, 2.05) is 18.3 Å². The maximum absolute atomic E-state index is 13.5. The Labute approximate surface area is 133 Å². The molecule has 112 valence electrons. The first kappa shape index (κ1) is 16.1. The smallest absolute Gasteiger partial charge is 0.124 e. The van der Waals surface area contributed by atoms with Gasteiger partial charge in [-0.15, -0.1) is 0 Å². The Kier molecular flexibility index (Phi) is 5.88. The maximum Gasteiger partial charge on any atom is 0.124 e. The fourth-order valence-corrected chi connectivity index (χ4v) is 2.83. The molecule has 1 heterocycles. The first-order chi connectivity index (χ1) is 10.1. The molecule has 0 radical (unpaired) electrons. The van der Waals surface area contributed by atoms with E-state index in [4.69, 9.17) is 0 Å². The van der Waals surface area contributed by atoms with Crippen molar-refractivity contribution < 1.29 is 4.39 Å². The van der Waals surface area contributed by atoms with Gasteiger partial charge in [0.25, 0.3) is 0 Å². The van der Waals surface area contributed by atoms with Crippen LogP contribution in [0.1, 0.15) is 36.2 Å². The number of benzene rings is 1. The predicted molar refractivity (Wildman–Crippen MR) is 87.8 cm³/mol. The van der Waals surface area contributed by atoms with E-state index >= 15 is 0 Å². The van der Waals surface area contributed by atoms with Gasteiger partial charge < -0.3 is 5.32 Å². The minimum Gasteiger partial charge on any atom is -0.308 e. The van der Waals surface area contributed by atoms with Gasteiger partial charge in [-0.05, 0) is 67.8 Å². The van der Waals surface area contributed by atoms with Crippen molar-refractivity contribution in [3.05, 3.63) is 63.6 Å². The lowest BCUT2D eigenvalue weighted by Crippen LogP contribution is -2.25. The molecule has 4 heteroatoms. The van der Waals surface area contributed by atoms with E-state index in [1.165, 1.54) is 11.6 Å². The van der Waals surface area contributed by atoms with E-state index in [0.717, 1.165) is 28.7 Å². The molecule has 0 saturated carbocycles. The summed E-state index contributed by atoms with van der Waals surface area (Å²) in [4.78, 5) is 4.47. The number of rotatable bonds is 6. The van der Waals surface area contributed by atoms with Crippen LogP contribution in [0.4, 0.5) is 4.39 Å². The standard InChI is InChI=1S/C17H20BrFN2/c1-3-5-20-17(16-7-12(2)4-6-21-16)10-13-8-14(18)11-15(19)9-13/h4,6-9,11,17,20H,3,5,10H2,1-2H3. The number of hydrogen-bond acceptors (Lipinski definition) is 2. The highest BCUT2D eigenvalue weighted by molar-refractivity contribution is 9.10. The Balaban J connectivity index is 2.23. The third-order valence-electron chi connectivity index (χ3n) is 3.30. The average molecular weight is 351 g/mol. The summed E-state index contributed by atoms with van der Waals surface area (Å²) >= 11 is 3.35. The summed E-state index contributed by atoms with van der Waals surface area (Å²) in [7, 11) is 0. The summed E-state index contributed by atoms with van der Waals surface area (Å²) in [5.74, 6) is -0.217. The molecule has 2 aromatic rings. The van der Waals surface area contributed by atoms with Crippen LogP contribution in [-0.2, 0) is 6.42 Å². The largest absolute Gasteiger partial charge is 0.308 e. The van der Waals surface area contributed by atoms with Gasteiger partial charge in [0.2, 0.25) is 0 Å². The molecule has 2 rings (SSSR count). The van der Waals surface area contributed by atoms with Crippen LogP contribution < -0.4 is 5.32 Å². The molecule has 0 fully saturated rings. The van der Waals surface area contributed by atoms with Crippen molar-refractivity contribution in [3.63, 3.8) is 0 Å². The molecule has 1 atom stereocenters. The lowest BCUT2D eigenvalue weighted by molar-refractivity contribution is 0.515. The van der Waals surface area contributed by atoms with Crippen LogP contribution in [0.15, 0.2) is 41.0 Å². The van der Waals surface area contributed by atoms with Crippen LogP contribution in [0.25, 0.3) is 0 Å². The lowest BCUT2D eigenvalue weighted by Gasteiger charge is -2.19. The van der Waals surface area contributed by atoms with Gasteiger partial charge in [0, 0.05) is 10.7 Å². The van der Waals surface area contributed by atoms with Crippen molar-refractivity contribution >= 4 is 15.9 Å². The Bertz CT molecular complexity index is 581. The Morgan fingerprint density at radius 3 is 2.76 bits per heavy atom. The van der Waals surface area contributed by atoms with Crippen LogP contribution in [0.3, 0.4) is 0 Å². The predicted octanol–water partition coefficient (Wildman–Crippen LogP) is 4.58. The molecule has 1 aromatic heterocycles. The quantitative estimate of drug-likeness (QED) is 0.824. The second kappa shape index (κ2) is 7.66. The van der Waals surface area contributed by atoms with Gasteiger partial charge in [-0.25, -0.2) is 4.39 Å². The van der Waals surface area contributed by atoms with E-state index in [9.17, 15) is 4.39 Å². The summed E-state index contributed by atoms with van der Waals surface area (Å²) in [5, 5.41) is 3.50. The molecule has 0 spiro atoms. The summed E-state index contributed by atoms with van der Waals surface area (Å²) < 4.78 is 14.3. The molecule has 1 unspecified atom stereocenters. The zero-order valence-electron chi connectivity index (χ0n) is 12.4. The Hall–Kier alpha value is -1.26. The third kappa shape index (κ3) is 4.90. The second-order valence-corrected chi connectivity index (χ2v) is 6.16. The first-order valence-electron chi connectivity index (χ1n) is 7.19. The fraction of sp³-hybridized carbons (Fsp3) is 0.353. The number of hydrogen-bond donors (Lipinski definition) is 1. The van der Waals surface area contributed by atoms with Crippen molar-refractivity contribution in [1.82, 2.24) is 10.3 Å². The highest BCUT2D eigenvalue weighted by Gasteiger charge is 2.14. The molecule has 0 saturated heterocycles. The number of nitrogens with one attached hydrogen (secondary N) is 1. The molecule has 0 amide bonds. The van der Waals surface area contributed by atoms with Crippen LogP contribution >= 0.6 is 15.9 Å². The Morgan fingerprint density at radius 2 is 2.10 bits per heavy atom. The van der Waals surface area contributed by atoms with Gasteiger partial charge in [0.05, 0.1) is 11.7 Å². The number of halogens is 2. The minimum atomic E-state index is -0.217. The van der Waals surface area contributed by atoms with Gasteiger partial charge in [-0.1, -0.05) is 22.9 Å². The van der Waals surface area contributed by atoms with Gasteiger partial charge in [-0.2, -0.15) is 0 Å². The van der Waals surface area contributed by atoms with Crippen molar-refractivity contribution in [2.75, 3.05) is 6.54 Å². The number of nitrogens with zero attached hydrogens (tertiary/aromatic N) is 1. The molecule has 0 aliphatic carbocycles. The first-order valence-corrected chi connectivity index (χ1v) is 7.98. The normalized spacial score (nSPS) is 12.4. The zero-order valence-corrected chi connectivity index (χ0v) is 14.0. The number of aryl methyl sites for hydroxylation is 1. The second-order valence-electron chi connectivity index (χ2n) is 5.25. The molecule has 0 aliphatic heterocycles. The van der Waals surface area contributed by atoms with Crippen LogP contribution in [0.2, 0.25) is 0 Å². The highest BCUT2D eigenvalue weighted by Crippen LogP contribution is 2.21. The van der Waals surface area contributed by atoms with E-state index in [0.29, 0.717) is 6.42 Å². The highest BCUT2D eigenvalue weighted by atomic mass is 79.9.